The molecule has 0 heterocycles. The monoisotopic (exact) mass is 253 g/mol. The summed E-state index contributed by atoms with van der Waals surface area (Å²) in [5, 5.41) is 12.0. The third kappa shape index (κ3) is 5.25. The van der Waals surface area contributed by atoms with Crippen LogP contribution >= 0.6 is 7.60 Å². The average molecular weight is 253 g/mol. The summed E-state index contributed by atoms with van der Waals surface area (Å²) in [7, 11) is -2.25. The van der Waals surface area contributed by atoms with Gasteiger partial charge in [0.1, 0.15) is 13.3 Å². The normalized spacial score (nSPS) is 12.6. The van der Waals surface area contributed by atoms with Crippen LogP contribution in [0.25, 0.3) is 0 Å². The number of carbonyl (C=O) groups is 1. The zero-order valence-electron chi connectivity index (χ0n) is 9.50. The average Bonchev–Trinajstić information content (AvgIpc) is 2.17. The summed E-state index contributed by atoms with van der Waals surface area (Å²) in [6.45, 7) is 3.60. The molecule has 0 fully saturated rings. The summed E-state index contributed by atoms with van der Waals surface area (Å²) in [5.41, 5.74) is -0.396. The molecule has 0 rings (SSSR count). The first-order valence-corrected chi connectivity index (χ1v) is 6.43. The smallest absolute Gasteiger partial charge is 0.354 e. The summed E-state index contributed by atoms with van der Waals surface area (Å²) in [5.74, 6) is -1.32. The lowest BCUT2D eigenvalue weighted by molar-refractivity contribution is -0.129. The van der Waals surface area contributed by atoms with Crippen molar-refractivity contribution < 1.29 is 28.4 Å². The molecule has 8 heteroatoms. The molecule has 0 amide bonds. The molecular weight excluding hydrogens is 237 g/mol. The second kappa shape index (κ2) is 7.38. The van der Waals surface area contributed by atoms with Crippen molar-refractivity contribution in [3.05, 3.63) is 0 Å². The van der Waals surface area contributed by atoms with Gasteiger partial charge in [-0.05, 0) is 13.8 Å². The number of carboxylic acid groups (broad SMARTS) is 1. The first-order chi connectivity index (χ1) is 7.49. The fourth-order valence-corrected chi connectivity index (χ4v) is 2.55. The van der Waals surface area contributed by atoms with E-state index in [1.165, 1.54) is 7.11 Å². The Hall–Kier alpha value is -0.910. The molecule has 0 saturated carbocycles. The lowest BCUT2D eigenvalue weighted by atomic mass is 10.4. The summed E-state index contributed by atoms with van der Waals surface area (Å²) < 4.78 is 21.8. The van der Waals surface area contributed by atoms with Gasteiger partial charge in [-0.15, -0.1) is 0 Å². The zero-order valence-corrected chi connectivity index (χ0v) is 10.4. The van der Waals surface area contributed by atoms with Crippen LogP contribution < -0.4 is 0 Å². The first-order valence-electron chi connectivity index (χ1n) is 4.70. The molecule has 0 aliphatic carbocycles. The highest BCUT2D eigenvalue weighted by Gasteiger charge is 2.29. The maximum atomic E-state index is 12.0. The van der Waals surface area contributed by atoms with E-state index in [0.29, 0.717) is 0 Å². The third-order valence-electron chi connectivity index (χ3n) is 1.44. The summed E-state index contributed by atoms with van der Waals surface area (Å²) >= 11 is 0. The van der Waals surface area contributed by atoms with E-state index in [1.807, 2.05) is 0 Å². The van der Waals surface area contributed by atoms with E-state index in [-0.39, 0.29) is 13.2 Å². The van der Waals surface area contributed by atoms with E-state index in [9.17, 15) is 9.36 Å². The largest absolute Gasteiger partial charge is 0.477 e. The van der Waals surface area contributed by atoms with Gasteiger partial charge in [0.05, 0.1) is 13.2 Å². The van der Waals surface area contributed by atoms with Crippen molar-refractivity contribution in [1.29, 1.82) is 0 Å². The fraction of sp³-hybridized carbons (Fsp3) is 0.750. The van der Waals surface area contributed by atoms with Gasteiger partial charge >= 0.3 is 13.6 Å². The number of carboxylic acids is 1. The number of nitrogens with zero attached hydrogens (tertiary/aromatic N) is 1. The van der Waals surface area contributed by atoms with Crippen LogP contribution in [0, 0.1) is 0 Å². The van der Waals surface area contributed by atoms with Gasteiger partial charge in [0.15, 0.2) is 5.71 Å². The summed E-state index contributed by atoms with van der Waals surface area (Å²) in [4.78, 5) is 15.1. The van der Waals surface area contributed by atoms with Crippen LogP contribution in [0.2, 0.25) is 0 Å². The van der Waals surface area contributed by atoms with E-state index in [1.54, 1.807) is 13.8 Å². The van der Waals surface area contributed by atoms with E-state index in [4.69, 9.17) is 14.2 Å². The second-order valence-electron chi connectivity index (χ2n) is 2.63. The lowest BCUT2D eigenvalue weighted by Gasteiger charge is -2.16. The van der Waals surface area contributed by atoms with Gasteiger partial charge in [0.2, 0.25) is 0 Å². The molecule has 0 aromatic carbocycles. The van der Waals surface area contributed by atoms with Gasteiger partial charge in [0.25, 0.3) is 0 Å². The number of oxime groups is 1. The van der Waals surface area contributed by atoms with Gasteiger partial charge in [-0.25, -0.2) is 4.79 Å². The standard InChI is InChI=1S/C8H16NO6P/c1-4-14-16(12,15-5-2)6-7(8(10)11)9-13-3/h4-6H2,1-3H3,(H,10,11). The van der Waals surface area contributed by atoms with E-state index >= 15 is 0 Å². The Morgan fingerprint density at radius 2 is 1.81 bits per heavy atom. The third-order valence-corrected chi connectivity index (χ3v) is 3.43. The van der Waals surface area contributed by atoms with Crippen LogP contribution in [0.15, 0.2) is 5.16 Å². The Kier molecular flexibility index (Phi) is 6.96. The predicted molar refractivity (Wildman–Crippen MR) is 57.8 cm³/mol. The molecule has 7 nitrogen and oxygen atoms in total. The molecule has 0 aromatic rings. The molecule has 1 N–H and O–H groups in total. The number of hydrogen-bond donors (Lipinski definition) is 1. The summed E-state index contributed by atoms with van der Waals surface area (Å²) in [6, 6.07) is 0. The van der Waals surface area contributed by atoms with Crippen LogP contribution in [0.4, 0.5) is 0 Å². The van der Waals surface area contributed by atoms with Gasteiger partial charge in [-0.1, -0.05) is 5.16 Å². The number of rotatable bonds is 8. The highest BCUT2D eigenvalue weighted by atomic mass is 31.2. The molecule has 0 aromatic heterocycles. The molecule has 0 atom stereocenters. The topological polar surface area (TPSA) is 94.4 Å². The Morgan fingerprint density at radius 1 is 1.31 bits per heavy atom. The molecule has 0 radical (unpaired) electrons. The lowest BCUT2D eigenvalue weighted by Crippen LogP contribution is -2.19. The van der Waals surface area contributed by atoms with Crippen LogP contribution in [0.3, 0.4) is 0 Å². The van der Waals surface area contributed by atoms with Crippen LogP contribution in [0.1, 0.15) is 13.8 Å². The number of aliphatic carboxylic acids is 1. The molecule has 0 aliphatic rings. The van der Waals surface area contributed by atoms with Crippen molar-refractivity contribution in [1.82, 2.24) is 0 Å². The van der Waals surface area contributed by atoms with Crippen LogP contribution in [-0.2, 0) is 23.2 Å². The second-order valence-corrected chi connectivity index (χ2v) is 4.68. The maximum absolute atomic E-state index is 12.0. The Morgan fingerprint density at radius 3 is 2.12 bits per heavy atom. The zero-order chi connectivity index (χ0) is 12.6. The minimum atomic E-state index is -3.45. The highest BCUT2D eigenvalue weighted by Crippen LogP contribution is 2.47. The molecular formula is C8H16NO6P. The first kappa shape index (κ1) is 15.1. The Labute approximate surface area is 93.9 Å². The molecule has 16 heavy (non-hydrogen) atoms. The minimum Gasteiger partial charge on any atom is -0.477 e. The van der Waals surface area contributed by atoms with E-state index < -0.39 is 25.4 Å². The van der Waals surface area contributed by atoms with Crippen molar-refractivity contribution in [2.24, 2.45) is 5.16 Å². The van der Waals surface area contributed by atoms with Crippen molar-refractivity contribution in [2.75, 3.05) is 26.5 Å². The number of hydrogen-bond acceptors (Lipinski definition) is 6. The van der Waals surface area contributed by atoms with Gasteiger partial charge in [-0.2, -0.15) is 0 Å². The van der Waals surface area contributed by atoms with Crippen molar-refractivity contribution in [3.8, 4) is 0 Å². The van der Waals surface area contributed by atoms with Gasteiger partial charge in [0, 0.05) is 0 Å². The molecule has 0 unspecified atom stereocenters. The van der Waals surface area contributed by atoms with Gasteiger partial charge in [-0.3, -0.25) is 4.57 Å². The molecule has 0 bridgehead atoms. The maximum Gasteiger partial charge on any atom is 0.354 e. The van der Waals surface area contributed by atoms with Crippen molar-refractivity contribution >= 4 is 19.3 Å². The van der Waals surface area contributed by atoms with Gasteiger partial charge < -0.3 is 19.0 Å². The Bertz CT molecular complexity index is 293. The molecule has 0 saturated heterocycles. The molecule has 0 spiro atoms. The quantitative estimate of drug-likeness (QED) is 0.398. The molecule has 0 aliphatic heterocycles. The molecule has 94 valence electrons. The highest BCUT2D eigenvalue weighted by molar-refractivity contribution is 7.55. The van der Waals surface area contributed by atoms with E-state index in [0.717, 1.165) is 0 Å². The predicted octanol–water partition coefficient (Wildman–Crippen LogP) is 1.34. The van der Waals surface area contributed by atoms with Crippen LogP contribution in [-0.4, -0.2) is 43.3 Å². The Balaban J connectivity index is 4.77. The fourth-order valence-electron chi connectivity index (χ4n) is 0.951. The van der Waals surface area contributed by atoms with E-state index in [2.05, 4.69) is 9.99 Å². The summed E-state index contributed by atoms with van der Waals surface area (Å²) in [6.07, 6.45) is -0.419. The van der Waals surface area contributed by atoms with Crippen LogP contribution in [0.5, 0.6) is 0 Å². The minimum absolute atomic E-state index is 0.164. The SMILES string of the molecule is CCOP(=O)(CC(=NOC)C(=O)O)OCC. The van der Waals surface area contributed by atoms with Crippen molar-refractivity contribution in [2.45, 2.75) is 13.8 Å². The van der Waals surface area contributed by atoms with Crippen molar-refractivity contribution in [3.63, 3.8) is 0 Å².